The van der Waals surface area contributed by atoms with Crippen LogP contribution in [0.15, 0.2) is 91.0 Å². The first-order chi connectivity index (χ1) is 21.8. The number of nitrogens with one attached hydrogen (secondary N) is 2. The lowest BCUT2D eigenvalue weighted by Crippen LogP contribution is -2.46. The Balaban J connectivity index is 1.37. The van der Waals surface area contributed by atoms with Gasteiger partial charge in [-0.05, 0) is 91.6 Å². The highest BCUT2D eigenvalue weighted by molar-refractivity contribution is 5.96. The molecule has 9 nitrogen and oxygen atoms in total. The van der Waals surface area contributed by atoms with Crippen molar-refractivity contribution in [2.45, 2.75) is 25.8 Å². The number of phenolic OH excluding ortho intramolecular Hbond substituents is 1. The van der Waals surface area contributed by atoms with Crippen molar-refractivity contribution >= 4 is 11.8 Å². The predicted octanol–water partition coefficient (Wildman–Crippen LogP) is 5.53. The van der Waals surface area contributed by atoms with Gasteiger partial charge in [0.15, 0.2) is 0 Å². The average Bonchev–Trinajstić information content (AvgIpc) is 3.03. The number of halogens is 1. The van der Waals surface area contributed by atoms with E-state index < -0.39 is 5.91 Å². The van der Waals surface area contributed by atoms with Gasteiger partial charge in [0.25, 0.3) is 5.91 Å². The summed E-state index contributed by atoms with van der Waals surface area (Å²) < 4.78 is 29.3. The second-order valence-corrected chi connectivity index (χ2v) is 10.7. The lowest BCUT2D eigenvalue weighted by molar-refractivity contribution is -0.126. The number of rotatable bonds is 16. The fourth-order valence-electron chi connectivity index (χ4n) is 4.76. The molecule has 2 atom stereocenters. The van der Waals surface area contributed by atoms with Gasteiger partial charge in [-0.15, -0.1) is 0 Å². The SMILES string of the molecule is COCCOCC(=O)NC(CNC(=O)c1ccccc1O)CC(C)Cc1cccc(-c2ccc(Oc3ccc(F)cc3)cc2)n1. The summed E-state index contributed by atoms with van der Waals surface area (Å²) in [5.41, 5.74) is 2.77. The van der Waals surface area contributed by atoms with Gasteiger partial charge in [-0.25, -0.2) is 4.39 Å². The number of hydrogen-bond acceptors (Lipinski definition) is 7. The Morgan fingerprint density at radius 3 is 2.33 bits per heavy atom. The molecule has 0 fully saturated rings. The van der Waals surface area contributed by atoms with Gasteiger partial charge in [0, 0.05) is 31.0 Å². The van der Waals surface area contributed by atoms with Crippen molar-refractivity contribution < 1.29 is 33.3 Å². The number of ether oxygens (including phenoxy) is 3. The van der Waals surface area contributed by atoms with E-state index in [1.54, 1.807) is 31.4 Å². The molecular formula is C35H38FN3O6. The predicted molar refractivity (Wildman–Crippen MR) is 169 cm³/mol. The molecule has 0 aliphatic heterocycles. The second kappa shape index (κ2) is 16.9. The Labute approximate surface area is 262 Å². The van der Waals surface area contributed by atoms with Crippen LogP contribution in [0.5, 0.6) is 17.2 Å². The highest BCUT2D eigenvalue weighted by Crippen LogP contribution is 2.26. The second-order valence-electron chi connectivity index (χ2n) is 10.7. The van der Waals surface area contributed by atoms with Crippen LogP contribution in [0, 0.1) is 11.7 Å². The minimum atomic E-state index is -0.431. The molecule has 10 heteroatoms. The van der Waals surface area contributed by atoms with Gasteiger partial charge in [-0.2, -0.15) is 0 Å². The van der Waals surface area contributed by atoms with Crippen molar-refractivity contribution in [3.63, 3.8) is 0 Å². The zero-order valence-electron chi connectivity index (χ0n) is 25.4. The Morgan fingerprint density at radius 1 is 0.911 bits per heavy atom. The molecule has 1 heterocycles. The van der Waals surface area contributed by atoms with E-state index >= 15 is 0 Å². The molecule has 4 aromatic rings. The Morgan fingerprint density at radius 2 is 1.62 bits per heavy atom. The van der Waals surface area contributed by atoms with Crippen LogP contribution in [0.3, 0.4) is 0 Å². The number of aromatic hydroxyl groups is 1. The van der Waals surface area contributed by atoms with E-state index in [9.17, 15) is 19.1 Å². The molecule has 0 bridgehead atoms. The summed E-state index contributed by atoms with van der Waals surface area (Å²) in [7, 11) is 1.56. The van der Waals surface area contributed by atoms with Crippen LogP contribution in [0.1, 0.15) is 29.4 Å². The molecular weight excluding hydrogens is 577 g/mol. The maximum absolute atomic E-state index is 13.2. The van der Waals surface area contributed by atoms with Gasteiger partial charge < -0.3 is 30.0 Å². The molecule has 0 aliphatic rings. The molecule has 0 radical (unpaired) electrons. The number of benzene rings is 3. The minimum Gasteiger partial charge on any atom is -0.507 e. The number of nitrogens with zero attached hydrogens (tertiary/aromatic N) is 1. The van der Waals surface area contributed by atoms with Crippen LogP contribution in [0.2, 0.25) is 0 Å². The number of amides is 2. The maximum atomic E-state index is 13.2. The Bertz CT molecular complexity index is 1530. The highest BCUT2D eigenvalue weighted by atomic mass is 19.1. The molecule has 0 saturated heterocycles. The van der Waals surface area contributed by atoms with E-state index in [1.807, 2.05) is 42.5 Å². The number of methoxy groups -OCH3 is 1. The van der Waals surface area contributed by atoms with Gasteiger partial charge in [-0.1, -0.05) is 25.1 Å². The van der Waals surface area contributed by atoms with Gasteiger partial charge in [0.2, 0.25) is 5.91 Å². The minimum absolute atomic E-state index is 0.0981. The van der Waals surface area contributed by atoms with Crippen molar-refractivity contribution in [2.24, 2.45) is 5.92 Å². The molecule has 3 aromatic carbocycles. The fraction of sp³-hybridized carbons (Fsp3) is 0.286. The monoisotopic (exact) mass is 615 g/mol. The zero-order valence-corrected chi connectivity index (χ0v) is 25.4. The van der Waals surface area contributed by atoms with Gasteiger partial charge in [0.1, 0.15) is 29.7 Å². The number of carbonyl (C=O) groups excluding carboxylic acids is 2. The van der Waals surface area contributed by atoms with Crippen molar-refractivity contribution in [3.05, 3.63) is 108 Å². The number of para-hydroxylation sites is 1. The largest absolute Gasteiger partial charge is 0.507 e. The molecule has 2 amide bonds. The van der Waals surface area contributed by atoms with Crippen LogP contribution < -0.4 is 15.4 Å². The zero-order chi connectivity index (χ0) is 32.0. The number of hydrogen-bond donors (Lipinski definition) is 3. The lowest BCUT2D eigenvalue weighted by Gasteiger charge is -2.23. The van der Waals surface area contributed by atoms with E-state index in [4.69, 9.17) is 19.2 Å². The summed E-state index contributed by atoms with van der Waals surface area (Å²) in [5.74, 6) is 0.105. The van der Waals surface area contributed by atoms with Crippen LogP contribution in [-0.4, -0.2) is 61.4 Å². The molecule has 0 spiro atoms. The van der Waals surface area contributed by atoms with Crippen LogP contribution >= 0.6 is 0 Å². The molecule has 0 saturated carbocycles. The van der Waals surface area contributed by atoms with E-state index in [0.29, 0.717) is 37.6 Å². The third-order valence-corrected chi connectivity index (χ3v) is 6.94. The molecule has 1 aromatic heterocycles. The smallest absolute Gasteiger partial charge is 0.255 e. The summed E-state index contributed by atoms with van der Waals surface area (Å²) in [4.78, 5) is 30.2. The summed E-state index contributed by atoms with van der Waals surface area (Å²) >= 11 is 0. The molecule has 2 unspecified atom stereocenters. The van der Waals surface area contributed by atoms with E-state index in [-0.39, 0.29) is 48.1 Å². The topological polar surface area (TPSA) is 119 Å². The normalized spacial score (nSPS) is 12.2. The number of phenols is 1. The Kier molecular flexibility index (Phi) is 12.4. The van der Waals surface area contributed by atoms with Crippen LogP contribution in [0.4, 0.5) is 4.39 Å². The van der Waals surface area contributed by atoms with Gasteiger partial charge in [-0.3, -0.25) is 14.6 Å². The highest BCUT2D eigenvalue weighted by Gasteiger charge is 2.19. The summed E-state index contributed by atoms with van der Waals surface area (Å²) in [6.45, 7) is 2.78. The molecule has 45 heavy (non-hydrogen) atoms. The van der Waals surface area contributed by atoms with Crippen LogP contribution in [0.25, 0.3) is 11.3 Å². The van der Waals surface area contributed by atoms with Crippen LogP contribution in [-0.2, 0) is 20.7 Å². The van der Waals surface area contributed by atoms with Gasteiger partial charge in [0.05, 0.1) is 24.5 Å². The van der Waals surface area contributed by atoms with E-state index in [0.717, 1.165) is 17.0 Å². The standard InChI is InChI=1S/C35H38FN3O6/c1-24(21-28(39-34(41)23-44-19-18-43-2)22-37-35(42)31-7-3-4-9-33(31)40)20-27-6-5-8-32(38-27)25-10-14-29(15-11-25)45-30-16-12-26(36)13-17-30/h3-17,24,28,40H,18-23H2,1-2H3,(H,37,42)(H,39,41). The average molecular weight is 616 g/mol. The summed E-state index contributed by atoms with van der Waals surface area (Å²) in [5, 5.41) is 15.8. The van der Waals surface area contributed by atoms with Crippen molar-refractivity contribution in [1.29, 1.82) is 0 Å². The molecule has 4 rings (SSSR count). The fourth-order valence-corrected chi connectivity index (χ4v) is 4.76. The van der Waals surface area contributed by atoms with Crippen molar-refractivity contribution in [1.82, 2.24) is 15.6 Å². The molecule has 236 valence electrons. The number of aromatic nitrogens is 1. The third kappa shape index (κ3) is 10.7. The first kappa shape index (κ1) is 33.1. The summed E-state index contributed by atoms with van der Waals surface area (Å²) in [6.07, 6.45) is 1.20. The maximum Gasteiger partial charge on any atom is 0.255 e. The lowest BCUT2D eigenvalue weighted by atomic mass is 9.96. The molecule has 3 N–H and O–H groups in total. The van der Waals surface area contributed by atoms with Crippen molar-refractivity contribution in [2.75, 3.05) is 33.5 Å². The number of pyridine rings is 1. The molecule has 0 aliphatic carbocycles. The van der Waals surface area contributed by atoms with Gasteiger partial charge >= 0.3 is 0 Å². The van der Waals surface area contributed by atoms with E-state index in [1.165, 1.54) is 24.3 Å². The first-order valence-electron chi connectivity index (χ1n) is 14.7. The van der Waals surface area contributed by atoms with E-state index in [2.05, 4.69) is 17.6 Å². The quantitative estimate of drug-likeness (QED) is 0.142. The first-order valence-corrected chi connectivity index (χ1v) is 14.7. The van der Waals surface area contributed by atoms with Crippen molar-refractivity contribution in [3.8, 4) is 28.5 Å². The third-order valence-electron chi connectivity index (χ3n) is 6.94. The summed E-state index contributed by atoms with van der Waals surface area (Å²) in [6, 6.07) is 25.1. The Hall–Kier alpha value is -4.80. The number of carbonyl (C=O) groups is 2.